The predicted octanol–water partition coefficient (Wildman–Crippen LogP) is 4.36. The topological polar surface area (TPSA) is 57.7 Å². The van der Waals surface area contributed by atoms with E-state index in [2.05, 4.69) is 20.8 Å². The van der Waals surface area contributed by atoms with E-state index in [9.17, 15) is 13.2 Å². The molecule has 2 aromatic carbocycles. The van der Waals surface area contributed by atoms with Crippen LogP contribution in [0.4, 0.5) is 5.69 Å². The van der Waals surface area contributed by atoms with Crippen molar-refractivity contribution >= 4 is 21.6 Å². The molecule has 158 valence electrons. The molecule has 6 heteroatoms. The Morgan fingerprint density at radius 2 is 1.55 bits per heavy atom. The average molecular weight is 417 g/mol. The van der Waals surface area contributed by atoms with Crippen LogP contribution < -0.4 is 4.31 Å². The molecule has 0 saturated heterocycles. The fourth-order valence-electron chi connectivity index (χ4n) is 3.15. The molecule has 0 atom stereocenters. The van der Waals surface area contributed by atoms with Gasteiger partial charge in [-0.1, -0.05) is 45.0 Å². The van der Waals surface area contributed by atoms with E-state index in [-0.39, 0.29) is 22.8 Å². The first kappa shape index (κ1) is 22.9. The summed E-state index contributed by atoms with van der Waals surface area (Å²) in [6, 6.07) is 14.2. The van der Waals surface area contributed by atoms with Gasteiger partial charge in [0.25, 0.3) is 10.0 Å². The summed E-state index contributed by atoms with van der Waals surface area (Å²) in [5.74, 6) is -0.216. The fourth-order valence-corrected chi connectivity index (χ4v) is 4.56. The van der Waals surface area contributed by atoms with E-state index in [0.29, 0.717) is 18.8 Å². The minimum Gasteiger partial charge on any atom is -0.342 e. The Labute approximate surface area is 175 Å². The van der Waals surface area contributed by atoms with E-state index in [1.54, 1.807) is 35.2 Å². The summed E-state index contributed by atoms with van der Waals surface area (Å²) < 4.78 is 28.2. The standard InChI is InChI=1S/C23H32N2O3S/c1-7-24(8-2)22(26)17-25(20-11-9-10-18(3)16-20)29(27,28)21-14-12-19(13-15-21)23(4,5)6/h9-16H,7-8,17H2,1-6H3. The second-order valence-electron chi connectivity index (χ2n) is 8.19. The number of carbonyl (C=O) groups is 1. The first-order chi connectivity index (χ1) is 13.5. The minimum atomic E-state index is -3.89. The van der Waals surface area contributed by atoms with Crippen LogP contribution in [0, 0.1) is 6.92 Å². The molecule has 0 aromatic heterocycles. The molecule has 0 unspecified atom stereocenters. The molecule has 0 radical (unpaired) electrons. The molecule has 0 aliphatic heterocycles. The second-order valence-corrected chi connectivity index (χ2v) is 10.1. The smallest absolute Gasteiger partial charge is 0.264 e. The monoisotopic (exact) mass is 416 g/mol. The Morgan fingerprint density at radius 3 is 2.03 bits per heavy atom. The molecular formula is C23H32N2O3S. The first-order valence-corrected chi connectivity index (χ1v) is 11.4. The number of rotatable bonds is 7. The Bertz CT molecular complexity index is 941. The minimum absolute atomic E-state index is 0.0722. The van der Waals surface area contributed by atoms with E-state index in [1.165, 1.54) is 4.31 Å². The molecule has 5 nitrogen and oxygen atoms in total. The highest BCUT2D eigenvalue weighted by molar-refractivity contribution is 7.92. The van der Waals surface area contributed by atoms with Gasteiger partial charge in [0, 0.05) is 13.1 Å². The summed E-state index contributed by atoms with van der Waals surface area (Å²) in [7, 11) is -3.89. The number of likely N-dealkylation sites (N-methyl/N-ethyl adjacent to an activating group) is 1. The number of benzene rings is 2. The van der Waals surface area contributed by atoms with Crippen LogP contribution >= 0.6 is 0 Å². The van der Waals surface area contributed by atoms with Crippen molar-refractivity contribution in [3.8, 4) is 0 Å². The van der Waals surface area contributed by atoms with E-state index in [0.717, 1.165) is 11.1 Å². The largest absolute Gasteiger partial charge is 0.342 e. The molecule has 0 aliphatic rings. The lowest BCUT2D eigenvalue weighted by molar-refractivity contribution is -0.129. The maximum Gasteiger partial charge on any atom is 0.264 e. The van der Waals surface area contributed by atoms with Crippen LogP contribution in [-0.4, -0.2) is 38.9 Å². The Morgan fingerprint density at radius 1 is 0.966 bits per heavy atom. The third-order valence-corrected chi connectivity index (χ3v) is 6.78. The highest BCUT2D eigenvalue weighted by atomic mass is 32.2. The fraction of sp³-hybridized carbons (Fsp3) is 0.435. The Balaban J connectivity index is 2.50. The number of aryl methyl sites for hydroxylation is 1. The summed E-state index contributed by atoms with van der Waals surface area (Å²) in [5.41, 5.74) is 2.40. The number of carbonyl (C=O) groups excluding carboxylic acids is 1. The second kappa shape index (κ2) is 8.99. The van der Waals surface area contributed by atoms with Gasteiger partial charge in [-0.3, -0.25) is 9.10 Å². The summed E-state index contributed by atoms with van der Waals surface area (Å²) in [6.45, 7) is 12.8. The van der Waals surface area contributed by atoms with Crippen molar-refractivity contribution in [2.45, 2.75) is 51.9 Å². The molecule has 1 amide bonds. The summed E-state index contributed by atoms with van der Waals surface area (Å²) >= 11 is 0. The zero-order chi connectivity index (χ0) is 21.8. The quantitative estimate of drug-likeness (QED) is 0.674. The zero-order valence-corrected chi connectivity index (χ0v) is 19.1. The van der Waals surface area contributed by atoms with Crippen LogP contribution in [0.5, 0.6) is 0 Å². The normalized spacial score (nSPS) is 11.9. The van der Waals surface area contributed by atoms with E-state index >= 15 is 0 Å². The van der Waals surface area contributed by atoms with Crippen LogP contribution in [0.25, 0.3) is 0 Å². The van der Waals surface area contributed by atoms with Gasteiger partial charge in [-0.2, -0.15) is 0 Å². The molecule has 2 aromatic rings. The summed E-state index contributed by atoms with van der Waals surface area (Å²) in [4.78, 5) is 14.6. The Hall–Kier alpha value is -2.34. The molecule has 2 rings (SSSR count). The molecular weight excluding hydrogens is 384 g/mol. The van der Waals surface area contributed by atoms with Gasteiger partial charge >= 0.3 is 0 Å². The molecule has 0 heterocycles. The third-order valence-electron chi connectivity index (χ3n) is 4.99. The number of nitrogens with zero attached hydrogens (tertiary/aromatic N) is 2. The lowest BCUT2D eigenvalue weighted by Crippen LogP contribution is -2.43. The van der Waals surface area contributed by atoms with Crippen LogP contribution in [-0.2, 0) is 20.2 Å². The van der Waals surface area contributed by atoms with Crippen LogP contribution in [0.1, 0.15) is 45.7 Å². The Kier molecular flexibility index (Phi) is 7.11. The molecule has 0 spiro atoms. The molecule has 0 saturated carbocycles. The number of sulfonamides is 1. The van der Waals surface area contributed by atoms with Gasteiger partial charge in [-0.15, -0.1) is 0 Å². The number of anilines is 1. The SMILES string of the molecule is CCN(CC)C(=O)CN(c1cccc(C)c1)S(=O)(=O)c1ccc(C(C)(C)C)cc1. The lowest BCUT2D eigenvalue weighted by Gasteiger charge is -2.28. The van der Waals surface area contributed by atoms with Gasteiger partial charge in [0.05, 0.1) is 10.6 Å². The maximum absolute atomic E-state index is 13.5. The lowest BCUT2D eigenvalue weighted by atomic mass is 9.87. The molecule has 0 fully saturated rings. The molecule has 0 bridgehead atoms. The first-order valence-electron chi connectivity index (χ1n) is 9.98. The number of hydrogen-bond acceptors (Lipinski definition) is 3. The molecule has 29 heavy (non-hydrogen) atoms. The predicted molar refractivity (Wildman–Crippen MR) is 119 cm³/mol. The molecule has 0 aliphatic carbocycles. The van der Waals surface area contributed by atoms with Crippen LogP contribution in [0.3, 0.4) is 0 Å². The number of amides is 1. The summed E-state index contributed by atoms with van der Waals surface area (Å²) in [5, 5.41) is 0. The van der Waals surface area contributed by atoms with Gasteiger partial charge in [0.2, 0.25) is 5.91 Å². The van der Waals surface area contributed by atoms with Crippen molar-refractivity contribution in [1.29, 1.82) is 0 Å². The van der Waals surface area contributed by atoms with Crippen molar-refractivity contribution in [3.63, 3.8) is 0 Å². The summed E-state index contributed by atoms with van der Waals surface area (Å²) in [6.07, 6.45) is 0. The third kappa shape index (κ3) is 5.38. The zero-order valence-electron chi connectivity index (χ0n) is 18.3. The average Bonchev–Trinajstić information content (AvgIpc) is 2.66. The molecule has 0 N–H and O–H groups in total. The van der Waals surface area contributed by atoms with E-state index in [1.807, 2.05) is 39.0 Å². The highest BCUT2D eigenvalue weighted by Gasteiger charge is 2.29. The van der Waals surface area contributed by atoms with Crippen molar-refractivity contribution in [2.24, 2.45) is 0 Å². The van der Waals surface area contributed by atoms with Crippen molar-refractivity contribution in [2.75, 3.05) is 23.9 Å². The highest BCUT2D eigenvalue weighted by Crippen LogP contribution is 2.27. The van der Waals surface area contributed by atoms with Gasteiger partial charge in [-0.05, 0) is 61.6 Å². The van der Waals surface area contributed by atoms with Gasteiger partial charge in [-0.25, -0.2) is 8.42 Å². The van der Waals surface area contributed by atoms with Crippen molar-refractivity contribution < 1.29 is 13.2 Å². The number of hydrogen-bond donors (Lipinski definition) is 0. The van der Waals surface area contributed by atoms with E-state index < -0.39 is 10.0 Å². The van der Waals surface area contributed by atoms with Crippen LogP contribution in [0.2, 0.25) is 0 Å². The van der Waals surface area contributed by atoms with Crippen LogP contribution in [0.15, 0.2) is 53.4 Å². The van der Waals surface area contributed by atoms with Gasteiger partial charge in [0.15, 0.2) is 0 Å². The van der Waals surface area contributed by atoms with Gasteiger partial charge < -0.3 is 4.90 Å². The van der Waals surface area contributed by atoms with Gasteiger partial charge in [0.1, 0.15) is 6.54 Å². The van der Waals surface area contributed by atoms with Crippen molar-refractivity contribution in [1.82, 2.24) is 4.90 Å². The maximum atomic E-state index is 13.5. The van der Waals surface area contributed by atoms with E-state index in [4.69, 9.17) is 0 Å². The van der Waals surface area contributed by atoms with Crippen molar-refractivity contribution in [3.05, 3.63) is 59.7 Å².